The van der Waals surface area contributed by atoms with E-state index >= 15 is 0 Å². The summed E-state index contributed by atoms with van der Waals surface area (Å²) >= 11 is 3.49. The van der Waals surface area contributed by atoms with Gasteiger partial charge in [0.25, 0.3) is 0 Å². The van der Waals surface area contributed by atoms with Crippen LogP contribution in [0.1, 0.15) is 31.7 Å². The summed E-state index contributed by atoms with van der Waals surface area (Å²) in [5.41, 5.74) is 1.23. The van der Waals surface area contributed by atoms with Gasteiger partial charge in [0.05, 0.1) is 19.8 Å². The molecule has 0 N–H and O–H groups in total. The molecule has 4 heteroatoms. The zero-order valence-corrected chi connectivity index (χ0v) is 13.5. The van der Waals surface area contributed by atoms with Crippen molar-refractivity contribution in [3.05, 3.63) is 28.2 Å². The molecule has 0 amide bonds. The van der Waals surface area contributed by atoms with E-state index in [2.05, 4.69) is 35.8 Å². The second-order valence-electron chi connectivity index (χ2n) is 4.64. The lowest BCUT2D eigenvalue weighted by molar-refractivity contribution is 0.0644. The standard InChI is InChI=1S/C15H23BrO3/c1-12(2)14-11-13(16)5-6-15(14)19-8-4-7-18-10-9-17-3/h5-6,11-12H,4,7-10H2,1-3H3. The Hall–Kier alpha value is -0.580. The number of hydrogen-bond donors (Lipinski definition) is 0. The van der Waals surface area contributed by atoms with Crippen LogP contribution in [0.25, 0.3) is 0 Å². The molecule has 0 heterocycles. The van der Waals surface area contributed by atoms with E-state index in [4.69, 9.17) is 14.2 Å². The highest BCUT2D eigenvalue weighted by atomic mass is 79.9. The first-order valence-electron chi connectivity index (χ1n) is 6.64. The predicted molar refractivity (Wildman–Crippen MR) is 81.0 cm³/mol. The van der Waals surface area contributed by atoms with E-state index in [1.807, 2.05) is 12.1 Å². The van der Waals surface area contributed by atoms with E-state index in [-0.39, 0.29) is 0 Å². The molecule has 0 atom stereocenters. The van der Waals surface area contributed by atoms with Crippen LogP contribution in [-0.2, 0) is 9.47 Å². The van der Waals surface area contributed by atoms with Gasteiger partial charge in [-0.1, -0.05) is 29.8 Å². The molecule has 1 aromatic rings. The van der Waals surface area contributed by atoms with Crippen molar-refractivity contribution >= 4 is 15.9 Å². The predicted octanol–water partition coefficient (Wildman–Crippen LogP) is 4.00. The monoisotopic (exact) mass is 330 g/mol. The highest BCUT2D eigenvalue weighted by Gasteiger charge is 2.08. The van der Waals surface area contributed by atoms with Crippen molar-refractivity contribution in [2.24, 2.45) is 0 Å². The first kappa shape index (κ1) is 16.5. The van der Waals surface area contributed by atoms with Crippen molar-refractivity contribution < 1.29 is 14.2 Å². The average molecular weight is 331 g/mol. The lowest BCUT2D eigenvalue weighted by atomic mass is 10.0. The van der Waals surface area contributed by atoms with Gasteiger partial charge in [-0.15, -0.1) is 0 Å². The minimum atomic E-state index is 0.449. The molecule has 19 heavy (non-hydrogen) atoms. The second-order valence-corrected chi connectivity index (χ2v) is 5.56. The lowest BCUT2D eigenvalue weighted by Gasteiger charge is -2.14. The van der Waals surface area contributed by atoms with Gasteiger partial charge in [0.1, 0.15) is 5.75 Å². The molecule has 0 saturated carbocycles. The van der Waals surface area contributed by atoms with Crippen molar-refractivity contribution in [1.29, 1.82) is 0 Å². The Morgan fingerprint density at radius 3 is 2.58 bits per heavy atom. The van der Waals surface area contributed by atoms with Gasteiger partial charge in [-0.05, 0) is 29.7 Å². The van der Waals surface area contributed by atoms with Gasteiger partial charge < -0.3 is 14.2 Å². The topological polar surface area (TPSA) is 27.7 Å². The van der Waals surface area contributed by atoms with E-state index < -0.39 is 0 Å². The Kier molecular flexibility index (Phi) is 8.10. The Labute approximate surface area is 124 Å². The number of methoxy groups -OCH3 is 1. The molecule has 0 fully saturated rings. The van der Waals surface area contributed by atoms with Crippen LogP contribution in [0.15, 0.2) is 22.7 Å². The number of rotatable bonds is 9. The van der Waals surface area contributed by atoms with Crippen LogP contribution in [-0.4, -0.2) is 33.5 Å². The van der Waals surface area contributed by atoms with E-state index in [1.165, 1.54) is 5.56 Å². The highest BCUT2D eigenvalue weighted by Crippen LogP contribution is 2.29. The van der Waals surface area contributed by atoms with Gasteiger partial charge in [0.15, 0.2) is 0 Å². The van der Waals surface area contributed by atoms with Crippen molar-refractivity contribution in [3.63, 3.8) is 0 Å². The zero-order chi connectivity index (χ0) is 14.1. The van der Waals surface area contributed by atoms with Gasteiger partial charge in [0.2, 0.25) is 0 Å². The molecule has 0 bridgehead atoms. The van der Waals surface area contributed by atoms with Crippen LogP contribution in [0.5, 0.6) is 5.75 Å². The molecule has 0 aliphatic rings. The van der Waals surface area contributed by atoms with E-state index in [1.54, 1.807) is 7.11 Å². The van der Waals surface area contributed by atoms with Crippen molar-refractivity contribution in [3.8, 4) is 5.75 Å². The van der Waals surface area contributed by atoms with Crippen molar-refractivity contribution in [1.82, 2.24) is 0 Å². The van der Waals surface area contributed by atoms with Crippen LogP contribution in [0.2, 0.25) is 0 Å². The molecule has 108 valence electrons. The number of benzene rings is 1. The Balaban J connectivity index is 2.33. The first-order chi connectivity index (χ1) is 9.15. The largest absolute Gasteiger partial charge is 0.493 e. The third-order valence-corrected chi connectivity index (χ3v) is 3.21. The molecule has 3 nitrogen and oxygen atoms in total. The molecule has 0 aliphatic heterocycles. The van der Waals surface area contributed by atoms with E-state index in [9.17, 15) is 0 Å². The van der Waals surface area contributed by atoms with Crippen LogP contribution in [0.3, 0.4) is 0 Å². The van der Waals surface area contributed by atoms with Crippen molar-refractivity contribution in [2.45, 2.75) is 26.2 Å². The molecule has 0 aromatic heterocycles. The molecular weight excluding hydrogens is 308 g/mol. The van der Waals surface area contributed by atoms with Crippen LogP contribution in [0, 0.1) is 0 Å². The number of hydrogen-bond acceptors (Lipinski definition) is 3. The maximum absolute atomic E-state index is 5.83. The molecule has 0 radical (unpaired) electrons. The normalized spacial score (nSPS) is 11.0. The van der Waals surface area contributed by atoms with Gasteiger partial charge in [-0.2, -0.15) is 0 Å². The van der Waals surface area contributed by atoms with Gasteiger partial charge in [-0.25, -0.2) is 0 Å². The Morgan fingerprint density at radius 2 is 1.89 bits per heavy atom. The van der Waals surface area contributed by atoms with Gasteiger partial charge in [-0.3, -0.25) is 0 Å². The minimum Gasteiger partial charge on any atom is -0.493 e. The summed E-state index contributed by atoms with van der Waals surface area (Å²) in [6, 6.07) is 6.15. The molecule has 0 aliphatic carbocycles. The molecule has 0 spiro atoms. The molecule has 0 saturated heterocycles. The summed E-state index contributed by atoms with van der Waals surface area (Å²) in [5, 5.41) is 0. The van der Waals surface area contributed by atoms with Crippen LogP contribution >= 0.6 is 15.9 Å². The zero-order valence-electron chi connectivity index (χ0n) is 11.9. The quantitative estimate of drug-likeness (QED) is 0.640. The van der Waals surface area contributed by atoms with E-state index in [0.717, 1.165) is 16.6 Å². The second kappa shape index (κ2) is 9.34. The molecule has 0 unspecified atom stereocenters. The van der Waals surface area contributed by atoms with Crippen LogP contribution in [0.4, 0.5) is 0 Å². The highest BCUT2D eigenvalue weighted by molar-refractivity contribution is 9.10. The summed E-state index contributed by atoms with van der Waals surface area (Å²) < 4.78 is 17.2. The smallest absolute Gasteiger partial charge is 0.122 e. The SMILES string of the molecule is COCCOCCCOc1ccc(Br)cc1C(C)C. The molecule has 1 rings (SSSR count). The maximum atomic E-state index is 5.83. The lowest BCUT2D eigenvalue weighted by Crippen LogP contribution is -2.07. The first-order valence-corrected chi connectivity index (χ1v) is 7.43. The van der Waals surface area contributed by atoms with E-state index in [0.29, 0.717) is 32.3 Å². The summed E-state index contributed by atoms with van der Waals surface area (Å²) in [7, 11) is 1.67. The summed E-state index contributed by atoms with van der Waals surface area (Å²) in [5.74, 6) is 1.42. The summed E-state index contributed by atoms with van der Waals surface area (Å²) in [6.45, 7) is 7.01. The average Bonchev–Trinajstić information content (AvgIpc) is 2.39. The minimum absolute atomic E-state index is 0.449. The Bertz CT molecular complexity index is 366. The maximum Gasteiger partial charge on any atom is 0.122 e. The fourth-order valence-electron chi connectivity index (χ4n) is 1.69. The van der Waals surface area contributed by atoms with Gasteiger partial charge >= 0.3 is 0 Å². The molecular formula is C15H23BrO3. The molecule has 1 aromatic carbocycles. The van der Waals surface area contributed by atoms with Crippen LogP contribution < -0.4 is 4.74 Å². The Morgan fingerprint density at radius 1 is 1.11 bits per heavy atom. The van der Waals surface area contributed by atoms with Crippen molar-refractivity contribution in [2.75, 3.05) is 33.5 Å². The fraction of sp³-hybridized carbons (Fsp3) is 0.600. The van der Waals surface area contributed by atoms with Gasteiger partial charge in [0, 0.05) is 24.6 Å². The summed E-state index contributed by atoms with van der Waals surface area (Å²) in [4.78, 5) is 0. The third-order valence-electron chi connectivity index (χ3n) is 2.72. The summed E-state index contributed by atoms with van der Waals surface area (Å²) in [6.07, 6.45) is 0.886. The fourth-order valence-corrected chi connectivity index (χ4v) is 2.07. The number of halogens is 1. The third kappa shape index (κ3) is 6.41. The number of ether oxygens (including phenoxy) is 3.